The summed E-state index contributed by atoms with van der Waals surface area (Å²) in [6, 6.07) is 0. The van der Waals surface area contributed by atoms with Gasteiger partial charge in [0.05, 0.1) is 0 Å². The van der Waals surface area contributed by atoms with E-state index in [1.807, 2.05) is 0 Å². The lowest BCUT2D eigenvalue weighted by Gasteiger charge is -2.07. The van der Waals surface area contributed by atoms with Crippen LogP contribution in [0, 0.1) is 0 Å². The summed E-state index contributed by atoms with van der Waals surface area (Å²) >= 11 is 0. The van der Waals surface area contributed by atoms with E-state index in [0.29, 0.717) is 15.8 Å². The maximum atomic E-state index is 9.10. The molecule has 4 nitrogen and oxygen atoms in total. The van der Waals surface area contributed by atoms with E-state index in [0.717, 1.165) is 0 Å². The molecule has 0 bridgehead atoms. The van der Waals surface area contributed by atoms with Crippen molar-refractivity contribution in [2.75, 3.05) is 37.0 Å². The van der Waals surface area contributed by atoms with Gasteiger partial charge in [0.2, 0.25) is 0 Å². The number of hydrogen-bond acceptors (Lipinski definition) is 2. The molecule has 122 valence electrons. The standard InChI is InChI=1S/2C6H15P.C2H2O4/c2*1-4-7(5-2)6-3;3-1(4)2(5)6/h2*4-6H2,1-3H3;(H,3,4)(H,5,6). The number of carbonyl (C=O) groups is 2. The van der Waals surface area contributed by atoms with Crippen molar-refractivity contribution >= 4 is 27.8 Å². The van der Waals surface area contributed by atoms with Crippen molar-refractivity contribution in [3.05, 3.63) is 0 Å². The molecule has 0 aromatic heterocycles. The molecule has 0 atom stereocenters. The molecule has 0 saturated carbocycles. The summed E-state index contributed by atoms with van der Waals surface area (Å²) in [5.74, 6) is -3.65. The topological polar surface area (TPSA) is 74.6 Å². The van der Waals surface area contributed by atoms with Gasteiger partial charge in [-0.05, 0) is 37.0 Å². The third kappa shape index (κ3) is 20.1. The highest BCUT2D eigenvalue weighted by atomic mass is 31.1. The summed E-state index contributed by atoms with van der Waals surface area (Å²) in [4.78, 5) is 18.2. The van der Waals surface area contributed by atoms with Gasteiger partial charge in [-0.1, -0.05) is 41.5 Å². The lowest BCUT2D eigenvalue weighted by Crippen LogP contribution is -2.09. The van der Waals surface area contributed by atoms with Gasteiger partial charge in [-0.3, -0.25) is 0 Å². The van der Waals surface area contributed by atoms with Crippen LogP contribution < -0.4 is 0 Å². The fourth-order valence-corrected chi connectivity index (χ4v) is 4.02. The molecule has 0 aliphatic carbocycles. The Morgan fingerprint density at radius 2 is 0.750 bits per heavy atom. The summed E-state index contributed by atoms with van der Waals surface area (Å²) in [6.45, 7) is 13.7. The quantitative estimate of drug-likeness (QED) is 0.566. The SMILES string of the molecule is CCP(CC)CC.CCP(CC)CC.O=C(O)C(=O)O. The maximum Gasteiger partial charge on any atom is 0.414 e. The number of aliphatic carboxylic acids is 2. The first-order valence-corrected chi connectivity index (χ1v) is 11.0. The predicted molar refractivity (Wildman–Crippen MR) is 92.4 cm³/mol. The highest BCUT2D eigenvalue weighted by molar-refractivity contribution is 7.57. The third-order valence-electron chi connectivity index (χ3n) is 2.87. The maximum absolute atomic E-state index is 9.10. The summed E-state index contributed by atoms with van der Waals surface area (Å²) < 4.78 is 0. The summed E-state index contributed by atoms with van der Waals surface area (Å²) in [5, 5.41) is 14.8. The van der Waals surface area contributed by atoms with E-state index in [4.69, 9.17) is 19.8 Å². The molecule has 0 saturated heterocycles. The molecule has 0 heterocycles. The molecule has 6 heteroatoms. The first kappa shape index (κ1) is 24.8. The Balaban J connectivity index is -0.000000218. The van der Waals surface area contributed by atoms with Crippen LogP contribution in [0.25, 0.3) is 0 Å². The third-order valence-corrected chi connectivity index (χ3v) is 8.23. The molecule has 0 rings (SSSR count). The average molecular weight is 326 g/mol. The lowest BCUT2D eigenvalue weighted by atomic mass is 10.7. The Morgan fingerprint density at radius 1 is 0.600 bits per heavy atom. The summed E-state index contributed by atoms with van der Waals surface area (Å²) in [7, 11) is 0.892. The minimum atomic E-state index is -1.82. The van der Waals surface area contributed by atoms with E-state index in [2.05, 4.69) is 41.5 Å². The number of rotatable bonds is 6. The van der Waals surface area contributed by atoms with Crippen LogP contribution >= 0.6 is 15.8 Å². The van der Waals surface area contributed by atoms with Crippen LogP contribution in [0.2, 0.25) is 0 Å². The van der Waals surface area contributed by atoms with Crippen molar-refractivity contribution < 1.29 is 19.8 Å². The van der Waals surface area contributed by atoms with Crippen LogP contribution in [0.15, 0.2) is 0 Å². The van der Waals surface area contributed by atoms with Crippen LogP contribution in [0.3, 0.4) is 0 Å². The van der Waals surface area contributed by atoms with Crippen molar-refractivity contribution in [1.82, 2.24) is 0 Å². The zero-order chi connectivity index (χ0) is 16.6. The fourth-order valence-electron chi connectivity index (χ4n) is 1.34. The van der Waals surface area contributed by atoms with Gasteiger partial charge in [-0.25, -0.2) is 9.59 Å². The molecule has 0 aromatic carbocycles. The van der Waals surface area contributed by atoms with Crippen LogP contribution in [-0.4, -0.2) is 59.1 Å². The van der Waals surface area contributed by atoms with E-state index >= 15 is 0 Å². The van der Waals surface area contributed by atoms with Gasteiger partial charge in [0.15, 0.2) is 0 Å². The van der Waals surface area contributed by atoms with Gasteiger partial charge in [-0.2, -0.15) is 0 Å². The van der Waals surface area contributed by atoms with Gasteiger partial charge in [0, 0.05) is 0 Å². The minimum absolute atomic E-state index is 0.446. The molecule has 2 N–H and O–H groups in total. The predicted octanol–water partition coefficient (Wildman–Crippen LogP) is 4.21. The van der Waals surface area contributed by atoms with E-state index in [9.17, 15) is 0 Å². The first-order valence-electron chi connectivity index (χ1n) is 7.25. The second-order valence-corrected chi connectivity index (χ2v) is 10.3. The zero-order valence-corrected chi connectivity index (χ0v) is 15.6. The second-order valence-electron chi connectivity index (χ2n) is 3.85. The van der Waals surface area contributed by atoms with Crippen molar-refractivity contribution in [3.63, 3.8) is 0 Å². The van der Waals surface area contributed by atoms with Gasteiger partial charge in [-0.15, -0.1) is 15.8 Å². The molecular formula is C14H32O4P2. The Hall–Kier alpha value is -0.200. The normalized spacial score (nSPS) is 9.40. The van der Waals surface area contributed by atoms with Crippen molar-refractivity contribution in [2.24, 2.45) is 0 Å². The van der Waals surface area contributed by atoms with Gasteiger partial charge >= 0.3 is 11.9 Å². The van der Waals surface area contributed by atoms with E-state index in [1.165, 1.54) is 37.0 Å². The molecule has 0 fully saturated rings. The minimum Gasteiger partial charge on any atom is -0.473 e. The second kappa shape index (κ2) is 18.8. The van der Waals surface area contributed by atoms with Crippen LogP contribution in [0.5, 0.6) is 0 Å². The molecule has 0 aromatic rings. The molecular weight excluding hydrogens is 294 g/mol. The molecule has 0 aliphatic rings. The number of carboxylic acid groups (broad SMARTS) is 2. The average Bonchev–Trinajstić information content (AvgIpc) is 2.44. The lowest BCUT2D eigenvalue weighted by molar-refractivity contribution is -0.159. The van der Waals surface area contributed by atoms with Crippen LogP contribution in [-0.2, 0) is 9.59 Å². The molecule has 0 spiro atoms. The number of carboxylic acids is 2. The highest BCUT2D eigenvalue weighted by Crippen LogP contribution is 2.32. The Kier molecular flexibility index (Phi) is 23.3. The molecule has 0 radical (unpaired) electrons. The Labute approximate surface area is 126 Å². The molecule has 0 aliphatic heterocycles. The first-order chi connectivity index (χ1) is 9.33. The van der Waals surface area contributed by atoms with E-state index < -0.39 is 11.9 Å². The smallest absolute Gasteiger partial charge is 0.414 e. The number of hydrogen-bond donors (Lipinski definition) is 2. The zero-order valence-electron chi connectivity index (χ0n) is 13.8. The monoisotopic (exact) mass is 326 g/mol. The highest BCUT2D eigenvalue weighted by Gasteiger charge is 2.04. The van der Waals surface area contributed by atoms with E-state index in [1.54, 1.807) is 0 Å². The molecule has 20 heavy (non-hydrogen) atoms. The fraction of sp³-hybridized carbons (Fsp3) is 0.857. The molecule has 0 amide bonds. The van der Waals surface area contributed by atoms with Gasteiger partial charge < -0.3 is 10.2 Å². The van der Waals surface area contributed by atoms with Gasteiger partial charge in [0.25, 0.3) is 0 Å². The van der Waals surface area contributed by atoms with Gasteiger partial charge in [0.1, 0.15) is 0 Å². The Morgan fingerprint density at radius 3 is 0.750 bits per heavy atom. The Bertz CT molecular complexity index is 192. The summed E-state index contributed by atoms with van der Waals surface area (Å²) in [6.07, 6.45) is 8.51. The van der Waals surface area contributed by atoms with Crippen molar-refractivity contribution in [1.29, 1.82) is 0 Å². The van der Waals surface area contributed by atoms with Crippen molar-refractivity contribution in [3.8, 4) is 0 Å². The van der Waals surface area contributed by atoms with Crippen LogP contribution in [0.1, 0.15) is 41.5 Å². The van der Waals surface area contributed by atoms with Crippen molar-refractivity contribution in [2.45, 2.75) is 41.5 Å². The summed E-state index contributed by atoms with van der Waals surface area (Å²) in [5.41, 5.74) is 0. The molecule has 0 unspecified atom stereocenters. The largest absolute Gasteiger partial charge is 0.473 e. The van der Waals surface area contributed by atoms with E-state index in [-0.39, 0.29) is 0 Å². The van der Waals surface area contributed by atoms with Crippen LogP contribution in [0.4, 0.5) is 0 Å².